The Morgan fingerprint density at radius 2 is 2.44 bits per heavy atom. The highest BCUT2D eigenvalue weighted by atomic mass is 79.9. The zero-order chi connectivity index (χ0) is 6.53. The average molecular weight is 193 g/mol. The Hall–Kier alpha value is 0.440. The molecule has 1 rings (SSSR count). The monoisotopic (exact) mass is 192 g/mol. The minimum Gasteiger partial charge on any atom is -0.378 e. The van der Waals surface area contributed by atoms with Crippen LogP contribution in [0.4, 0.5) is 0 Å². The van der Waals surface area contributed by atoms with Crippen molar-refractivity contribution < 1.29 is 4.74 Å². The summed E-state index contributed by atoms with van der Waals surface area (Å²) in [6, 6.07) is 0. The van der Waals surface area contributed by atoms with Crippen LogP contribution >= 0.6 is 15.9 Å². The maximum Gasteiger partial charge on any atom is 0.0576 e. The molecule has 1 aliphatic rings. The Bertz CT molecular complexity index is 69.3. The van der Waals surface area contributed by atoms with Gasteiger partial charge in [-0.25, -0.2) is 0 Å². The topological polar surface area (TPSA) is 9.23 Å². The van der Waals surface area contributed by atoms with E-state index in [2.05, 4.69) is 15.9 Å². The van der Waals surface area contributed by atoms with Crippen LogP contribution in [0.5, 0.6) is 0 Å². The maximum atomic E-state index is 5.43. The Balaban J connectivity index is 1.98. The van der Waals surface area contributed by atoms with E-state index in [1.807, 2.05) is 0 Å². The highest BCUT2D eigenvalue weighted by molar-refractivity contribution is 9.09. The molecule has 0 radical (unpaired) electrons. The maximum absolute atomic E-state index is 5.43. The van der Waals surface area contributed by atoms with Gasteiger partial charge in [0.1, 0.15) is 0 Å². The van der Waals surface area contributed by atoms with Crippen molar-refractivity contribution in [2.24, 2.45) is 0 Å². The molecule has 0 N–H and O–H groups in total. The lowest BCUT2D eigenvalue weighted by Crippen LogP contribution is -2.03. The molecule has 54 valence electrons. The van der Waals surface area contributed by atoms with Gasteiger partial charge in [-0.2, -0.15) is 0 Å². The second-order valence-corrected chi connectivity index (χ2v) is 3.26. The predicted molar refractivity (Wildman–Crippen MR) is 42.0 cm³/mol. The van der Waals surface area contributed by atoms with E-state index < -0.39 is 0 Å². The van der Waals surface area contributed by atoms with Crippen LogP contribution in [0.2, 0.25) is 0 Å². The summed E-state index contributed by atoms with van der Waals surface area (Å²) in [6.07, 6.45) is 5.64. The second kappa shape index (κ2) is 4.29. The zero-order valence-electron chi connectivity index (χ0n) is 5.61. The number of alkyl halides is 1. The normalized spacial score (nSPS) is 27.0. The summed E-state index contributed by atoms with van der Waals surface area (Å²) in [5, 5.41) is 1.12. The number of hydrogen-bond donors (Lipinski definition) is 0. The molecule has 1 fully saturated rings. The molecular formula is C7H13BrO. The predicted octanol–water partition coefficient (Wildman–Crippen LogP) is 2.34. The van der Waals surface area contributed by atoms with Crippen molar-refractivity contribution in [2.45, 2.75) is 31.8 Å². The van der Waals surface area contributed by atoms with Crippen LogP contribution < -0.4 is 0 Å². The summed E-state index contributed by atoms with van der Waals surface area (Å²) in [5.41, 5.74) is 0. The van der Waals surface area contributed by atoms with Crippen LogP contribution in [-0.2, 0) is 4.74 Å². The third-order valence-electron chi connectivity index (χ3n) is 1.68. The first-order valence-electron chi connectivity index (χ1n) is 3.61. The van der Waals surface area contributed by atoms with Crippen molar-refractivity contribution >= 4 is 15.9 Å². The third-order valence-corrected chi connectivity index (χ3v) is 2.24. The Morgan fingerprint density at radius 3 is 3.00 bits per heavy atom. The standard InChI is InChI=1S/C7H13BrO/c8-5-1-3-7-4-2-6-9-7/h7H,1-6H2/t7-/m1/s1. The van der Waals surface area contributed by atoms with Crippen molar-refractivity contribution in [3.8, 4) is 0 Å². The molecule has 0 aromatic rings. The molecule has 0 aliphatic carbocycles. The van der Waals surface area contributed by atoms with Crippen LogP contribution in [0.15, 0.2) is 0 Å². The van der Waals surface area contributed by atoms with Gasteiger partial charge in [0.05, 0.1) is 6.10 Å². The van der Waals surface area contributed by atoms with Crippen molar-refractivity contribution in [1.29, 1.82) is 0 Å². The van der Waals surface area contributed by atoms with Crippen LogP contribution in [0.3, 0.4) is 0 Å². The molecule has 0 aromatic heterocycles. The first-order chi connectivity index (χ1) is 4.43. The lowest BCUT2D eigenvalue weighted by molar-refractivity contribution is 0.104. The summed E-state index contributed by atoms with van der Waals surface area (Å²) in [6.45, 7) is 0.993. The molecule has 1 nitrogen and oxygen atoms in total. The van der Waals surface area contributed by atoms with E-state index in [1.165, 1.54) is 25.7 Å². The van der Waals surface area contributed by atoms with Gasteiger partial charge in [0.25, 0.3) is 0 Å². The van der Waals surface area contributed by atoms with E-state index in [0.29, 0.717) is 6.10 Å². The van der Waals surface area contributed by atoms with E-state index in [-0.39, 0.29) is 0 Å². The summed E-state index contributed by atoms with van der Waals surface area (Å²) in [5.74, 6) is 0. The molecule has 1 aliphatic heterocycles. The molecule has 0 unspecified atom stereocenters. The van der Waals surface area contributed by atoms with Crippen LogP contribution in [-0.4, -0.2) is 18.0 Å². The van der Waals surface area contributed by atoms with E-state index in [9.17, 15) is 0 Å². The molecule has 0 aromatic carbocycles. The lowest BCUT2D eigenvalue weighted by Gasteiger charge is -2.05. The molecule has 1 heterocycles. The molecule has 2 heteroatoms. The van der Waals surface area contributed by atoms with E-state index in [1.54, 1.807) is 0 Å². The van der Waals surface area contributed by atoms with Gasteiger partial charge in [-0.3, -0.25) is 0 Å². The van der Waals surface area contributed by atoms with E-state index in [4.69, 9.17) is 4.74 Å². The first-order valence-corrected chi connectivity index (χ1v) is 4.73. The van der Waals surface area contributed by atoms with Crippen LogP contribution in [0, 0.1) is 0 Å². The van der Waals surface area contributed by atoms with Crippen molar-refractivity contribution in [3.63, 3.8) is 0 Å². The van der Waals surface area contributed by atoms with Gasteiger partial charge in [-0.05, 0) is 25.7 Å². The Kier molecular flexibility index (Phi) is 3.59. The molecule has 0 bridgehead atoms. The summed E-state index contributed by atoms with van der Waals surface area (Å²) < 4.78 is 5.43. The summed E-state index contributed by atoms with van der Waals surface area (Å²) in [4.78, 5) is 0. The third kappa shape index (κ3) is 2.67. The van der Waals surface area contributed by atoms with Crippen molar-refractivity contribution in [1.82, 2.24) is 0 Å². The molecule has 0 amide bonds. The fraction of sp³-hybridized carbons (Fsp3) is 1.00. The highest BCUT2D eigenvalue weighted by Gasteiger charge is 2.13. The number of ether oxygens (including phenoxy) is 1. The lowest BCUT2D eigenvalue weighted by atomic mass is 10.1. The van der Waals surface area contributed by atoms with Crippen LogP contribution in [0.25, 0.3) is 0 Å². The molecule has 9 heavy (non-hydrogen) atoms. The molecule has 0 spiro atoms. The van der Waals surface area contributed by atoms with E-state index >= 15 is 0 Å². The largest absolute Gasteiger partial charge is 0.378 e. The fourth-order valence-corrected chi connectivity index (χ4v) is 1.50. The minimum atomic E-state index is 0.586. The zero-order valence-corrected chi connectivity index (χ0v) is 7.19. The van der Waals surface area contributed by atoms with Crippen molar-refractivity contribution in [2.75, 3.05) is 11.9 Å². The van der Waals surface area contributed by atoms with Gasteiger partial charge in [-0.1, -0.05) is 15.9 Å². The first kappa shape index (κ1) is 7.55. The Morgan fingerprint density at radius 1 is 1.56 bits per heavy atom. The quantitative estimate of drug-likeness (QED) is 0.625. The van der Waals surface area contributed by atoms with E-state index in [0.717, 1.165) is 11.9 Å². The van der Waals surface area contributed by atoms with Gasteiger partial charge in [0.2, 0.25) is 0 Å². The Labute approximate surface area is 64.9 Å². The smallest absolute Gasteiger partial charge is 0.0576 e. The van der Waals surface area contributed by atoms with Crippen molar-refractivity contribution in [3.05, 3.63) is 0 Å². The number of halogens is 1. The SMILES string of the molecule is BrCCC[C@@H]1CCCO1. The number of rotatable bonds is 3. The van der Waals surface area contributed by atoms with Crippen LogP contribution in [0.1, 0.15) is 25.7 Å². The molecular weight excluding hydrogens is 180 g/mol. The minimum absolute atomic E-state index is 0.586. The second-order valence-electron chi connectivity index (χ2n) is 2.47. The summed E-state index contributed by atoms with van der Waals surface area (Å²) in [7, 11) is 0. The molecule has 0 saturated carbocycles. The highest BCUT2D eigenvalue weighted by Crippen LogP contribution is 2.16. The van der Waals surface area contributed by atoms with Gasteiger partial charge < -0.3 is 4.74 Å². The molecule has 1 atom stereocenters. The summed E-state index contributed by atoms with van der Waals surface area (Å²) >= 11 is 3.40. The van der Waals surface area contributed by atoms with Gasteiger partial charge >= 0.3 is 0 Å². The van der Waals surface area contributed by atoms with Gasteiger partial charge in [0.15, 0.2) is 0 Å². The fourth-order valence-electron chi connectivity index (χ4n) is 1.18. The van der Waals surface area contributed by atoms with Gasteiger partial charge in [-0.15, -0.1) is 0 Å². The number of hydrogen-bond acceptors (Lipinski definition) is 1. The average Bonchev–Trinajstić information content (AvgIpc) is 2.34. The molecule has 1 saturated heterocycles. The van der Waals surface area contributed by atoms with Gasteiger partial charge in [0, 0.05) is 11.9 Å².